The number of rotatable bonds is 4. The molecule has 0 aromatic rings. The third-order valence-corrected chi connectivity index (χ3v) is 2.17. The highest BCUT2D eigenvalue weighted by Gasteiger charge is 2.40. The van der Waals surface area contributed by atoms with Crippen LogP contribution in [0.15, 0.2) is 24.8 Å². The molecule has 66 valence electrons. The third kappa shape index (κ3) is 1.83. The Kier molecular flexibility index (Phi) is 2.82. The first-order valence-corrected chi connectivity index (χ1v) is 4.22. The second-order valence-electron chi connectivity index (χ2n) is 3.12. The van der Waals surface area contributed by atoms with Crippen LogP contribution in [0.5, 0.6) is 0 Å². The zero-order chi connectivity index (χ0) is 9.14. The fourth-order valence-corrected chi connectivity index (χ4v) is 1.44. The van der Waals surface area contributed by atoms with Crippen LogP contribution in [0, 0.1) is 5.92 Å². The Bertz CT molecular complexity index is 220. The van der Waals surface area contributed by atoms with Crippen molar-refractivity contribution < 1.29 is 4.79 Å². The minimum Gasteiger partial charge on any atom is -0.303 e. The summed E-state index contributed by atoms with van der Waals surface area (Å²) in [6.07, 6.45) is 5.80. The molecular formula is C10H15NO. The van der Waals surface area contributed by atoms with Gasteiger partial charge in [0.1, 0.15) is 5.78 Å². The normalized spacial score (nSPS) is 30.2. The second kappa shape index (κ2) is 3.68. The van der Waals surface area contributed by atoms with Crippen LogP contribution in [-0.4, -0.2) is 17.9 Å². The molecule has 1 fully saturated rings. The van der Waals surface area contributed by atoms with E-state index in [1.165, 1.54) is 0 Å². The van der Waals surface area contributed by atoms with Gasteiger partial charge in [-0.1, -0.05) is 18.2 Å². The minimum atomic E-state index is -0.0220. The summed E-state index contributed by atoms with van der Waals surface area (Å²) in [5.41, 5.74) is 0. The quantitative estimate of drug-likeness (QED) is 0.503. The molecule has 1 aliphatic heterocycles. The van der Waals surface area contributed by atoms with Crippen LogP contribution in [0.1, 0.15) is 13.8 Å². The van der Waals surface area contributed by atoms with Crippen molar-refractivity contribution in [3.63, 3.8) is 0 Å². The summed E-state index contributed by atoms with van der Waals surface area (Å²) >= 11 is 0. The van der Waals surface area contributed by atoms with Crippen molar-refractivity contribution >= 4 is 5.78 Å². The van der Waals surface area contributed by atoms with Crippen LogP contribution in [-0.2, 0) is 4.79 Å². The molecular weight excluding hydrogens is 150 g/mol. The van der Waals surface area contributed by atoms with Gasteiger partial charge in [-0.15, -0.1) is 6.58 Å². The average Bonchev–Trinajstić information content (AvgIpc) is 2.70. The number of hydrogen-bond donors (Lipinski definition) is 1. The molecule has 1 aliphatic rings. The minimum absolute atomic E-state index is 0.0220. The van der Waals surface area contributed by atoms with E-state index in [4.69, 9.17) is 0 Å². The fraction of sp³-hybridized carbons (Fsp3) is 0.500. The van der Waals surface area contributed by atoms with Gasteiger partial charge in [-0.05, 0) is 13.8 Å². The van der Waals surface area contributed by atoms with Crippen molar-refractivity contribution in [2.24, 2.45) is 5.92 Å². The summed E-state index contributed by atoms with van der Waals surface area (Å²) in [4.78, 5) is 11.1. The Morgan fingerprint density at radius 3 is 2.75 bits per heavy atom. The molecule has 3 atom stereocenters. The van der Waals surface area contributed by atoms with Crippen LogP contribution < -0.4 is 5.32 Å². The van der Waals surface area contributed by atoms with E-state index in [0.717, 1.165) is 0 Å². The van der Waals surface area contributed by atoms with Crippen LogP contribution in [0.4, 0.5) is 0 Å². The zero-order valence-electron chi connectivity index (χ0n) is 7.58. The van der Waals surface area contributed by atoms with E-state index in [0.29, 0.717) is 6.04 Å². The Hall–Kier alpha value is -0.890. The molecule has 1 rings (SSSR count). The highest BCUT2D eigenvalue weighted by Crippen LogP contribution is 2.23. The molecule has 2 nitrogen and oxygen atoms in total. The van der Waals surface area contributed by atoms with Gasteiger partial charge in [-0.3, -0.25) is 4.79 Å². The molecule has 1 N–H and O–H groups in total. The summed E-state index contributed by atoms with van der Waals surface area (Å²) in [6, 6.07) is 0.665. The van der Waals surface area contributed by atoms with E-state index in [2.05, 4.69) is 18.0 Å². The summed E-state index contributed by atoms with van der Waals surface area (Å²) in [5, 5.41) is 3.22. The maximum Gasteiger partial charge on any atom is 0.138 e. The number of allylic oxidation sites excluding steroid dienone is 1. The van der Waals surface area contributed by atoms with E-state index in [1.54, 1.807) is 13.0 Å². The second-order valence-corrected chi connectivity index (χ2v) is 3.12. The number of Topliss-reactive ketones (excluding diaryl/α,β-unsaturated/α-hetero) is 1. The van der Waals surface area contributed by atoms with Crippen LogP contribution >= 0.6 is 0 Å². The van der Waals surface area contributed by atoms with E-state index in [1.807, 2.05) is 13.0 Å². The van der Waals surface area contributed by atoms with Crippen LogP contribution in [0.2, 0.25) is 0 Å². The molecule has 0 aromatic carbocycles. The summed E-state index contributed by atoms with van der Waals surface area (Å²) in [7, 11) is 0. The first kappa shape index (κ1) is 9.20. The van der Waals surface area contributed by atoms with E-state index >= 15 is 0 Å². The first-order chi connectivity index (χ1) is 5.70. The third-order valence-electron chi connectivity index (χ3n) is 2.17. The maximum atomic E-state index is 11.1. The fourth-order valence-electron chi connectivity index (χ4n) is 1.44. The molecule has 0 spiro atoms. The molecule has 2 heteroatoms. The molecule has 0 radical (unpaired) electrons. The van der Waals surface area contributed by atoms with E-state index < -0.39 is 0 Å². The largest absolute Gasteiger partial charge is 0.303 e. The molecule has 0 amide bonds. The summed E-state index contributed by atoms with van der Waals surface area (Å²) in [5.74, 6) is 0.167. The van der Waals surface area contributed by atoms with Gasteiger partial charge in [0.25, 0.3) is 0 Å². The van der Waals surface area contributed by atoms with Gasteiger partial charge < -0.3 is 5.32 Å². The molecule has 0 aromatic heterocycles. The van der Waals surface area contributed by atoms with Gasteiger partial charge in [0.05, 0.1) is 5.92 Å². The number of hydrogen-bond acceptors (Lipinski definition) is 2. The van der Waals surface area contributed by atoms with Gasteiger partial charge in [-0.25, -0.2) is 0 Å². The van der Waals surface area contributed by atoms with Crippen molar-refractivity contribution in [3.05, 3.63) is 24.8 Å². The molecule has 3 unspecified atom stereocenters. The van der Waals surface area contributed by atoms with E-state index in [9.17, 15) is 4.79 Å². The predicted molar refractivity (Wildman–Crippen MR) is 49.9 cm³/mol. The standard InChI is InChI=1S/C10H15NO/c1-4-6-9-10(11-9)8(5-2)7(3)12/h4-6,8-11H,2H2,1,3H3/b6-4-. The Labute approximate surface area is 73.4 Å². The van der Waals surface area contributed by atoms with Gasteiger partial charge in [0.15, 0.2) is 0 Å². The Morgan fingerprint density at radius 2 is 2.33 bits per heavy atom. The van der Waals surface area contributed by atoms with Crippen LogP contribution in [0.3, 0.4) is 0 Å². The topological polar surface area (TPSA) is 39.0 Å². The lowest BCUT2D eigenvalue weighted by Gasteiger charge is -2.03. The zero-order valence-corrected chi connectivity index (χ0v) is 7.58. The van der Waals surface area contributed by atoms with Crippen molar-refractivity contribution in [1.82, 2.24) is 5.32 Å². The molecule has 0 bridgehead atoms. The highest BCUT2D eigenvalue weighted by atomic mass is 16.1. The van der Waals surface area contributed by atoms with Crippen molar-refractivity contribution in [2.75, 3.05) is 0 Å². The lowest BCUT2D eigenvalue weighted by atomic mass is 9.99. The number of carbonyl (C=O) groups excluding carboxylic acids is 1. The first-order valence-electron chi connectivity index (χ1n) is 4.22. The lowest BCUT2D eigenvalue weighted by molar-refractivity contribution is -0.119. The molecule has 1 saturated heterocycles. The van der Waals surface area contributed by atoms with Crippen molar-refractivity contribution in [2.45, 2.75) is 25.9 Å². The molecule has 0 saturated carbocycles. The maximum absolute atomic E-state index is 11.1. The lowest BCUT2D eigenvalue weighted by Crippen LogP contribution is -2.17. The number of carbonyl (C=O) groups is 1. The summed E-state index contributed by atoms with van der Waals surface area (Å²) in [6.45, 7) is 7.24. The summed E-state index contributed by atoms with van der Waals surface area (Å²) < 4.78 is 0. The van der Waals surface area contributed by atoms with Crippen LogP contribution in [0.25, 0.3) is 0 Å². The highest BCUT2D eigenvalue weighted by molar-refractivity contribution is 5.81. The predicted octanol–water partition coefficient (Wildman–Crippen LogP) is 1.29. The van der Waals surface area contributed by atoms with Gasteiger partial charge in [0.2, 0.25) is 0 Å². The van der Waals surface area contributed by atoms with Gasteiger partial charge >= 0.3 is 0 Å². The molecule has 1 heterocycles. The molecule has 0 aliphatic carbocycles. The monoisotopic (exact) mass is 165 g/mol. The number of nitrogens with one attached hydrogen (secondary N) is 1. The van der Waals surface area contributed by atoms with Gasteiger partial charge in [-0.2, -0.15) is 0 Å². The SMILES string of the molecule is C=CC(C(C)=O)C1NC1/C=C\C. The molecule has 12 heavy (non-hydrogen) atoms. The smallest absolute Gasteiger partial charge is 0.138 e. The van der Waals surface area contributed by atoms with Crippen molar-refractivity contribution in [3.8, 4) is 0 Å². The van der Waals surface area contributed by atoms with E-state index in [-0.39, 0.29) is 17.7 Å². The Balaban J connectivity index is 2.50. The van der Waals surface area contributed by atoms with Gasteiger partial charge in [0, 0.05) is 12.1 Å². The van der Waals surface area contributed by atoms with Crippen molar-refractivity contribution in [1.29, 1.82) is 0 Å². The number of ketones is 1. The Morgan fingerprint density at radius 1 is 1.67 bits per heavy atom. The average molecular weight is 165 g/mol.